The lowest BCUT2D eigenvalue weighted by Gasteiger charge is -2.10. The molecule has 0 bridgehead atoms. The zero-order chi connectivity index (χ0) is 19.3. The van der Waals surface area contributed by atoms with Crippen molar-refractivity contribution in [2.75, 3.05) is 0 Å². The fourth-order valence-electron chi connectivity index (χ4n) is 1.97. The highest BCUT2D eigenvalue weighted by Crippen LogP contribution is 2.29. The van der Waals surface area contributed by atoms with Crippen molar-refractivity contribution < 1.29 is 24.1 Å². The van der Waals surface area contributed by atoms with Crippen LogP contribution in [0.5, 0.6) is 11.5 Å². The summed E-state index contributed by atoms with van der Waals surface area (Å²) < 4.78 is 11.0. The third-order valence-electron chi connectivity index (χ3n) is 3.18. The molecule has 0 spiro atoms. The van der Waals surface area contributed by atoms with Gasteiger partial charge in [-0.2, -0.15) is 0 Å². The van der Waals surface area contributed by atoms with Gasteiger partial charge in [0.15, 0.2) is 0 Å². The van der Waals surface area contributed by atoms with Crippen molar-refractivity contribution in [1.82, 2.24) is 0 Å². The molecule has 0 radical (unpaired) electrons. The summed E-state index contributed by atoms with van der Waals surface area (Å²) in [6.07, 6.45) is -1.04. The van der Waals surface area contributed by atoms with Gasteiger partial charge in [-0.1, -0.05) is 45.2 Å². The number of halogens is 2. The Morgan fingerprint density at radius 2 is 1.23 bits per heavy atom. The topological polar surface area (TPSA) is 122 Å². The van der Waals surface area contributed by atoms with E-state index in [1.54, 1.807) is 0 Å². The first kappa shape index (κ1) is 20.3. The summed E-state index contributed by atoms with van der Waals surface area (Å²) in [5.41, 5.74) is 0.712. The minimum absolute atomic E-state index is 0.111. The van der Waals surface area contributed by atoms with E-state index in [2.05, 4.69) is 0 Å². The van der Waals surface area contributed by atoms with Crippen LogP contribution in [0.3, 0.4) is 0 Å². The quantitative estimate of drug-likeness (QED) is 0.118. The maximum atomic E-state index is 12.0. The predicted octanol–water partition coefficient (Wildman–Crippen LogP) is 4.95. The Hall–Kier alpha value is -2.03. The summed E-state index contributed by atoms with van der Waals surface area (Å²) in [5.74, 6) is 0.292. The maximum absolute atomic E-state index is 12.0. The van der Waals surface area contributed by atoms with Crippen LogP contribution in [-0.2, 0) is 8.86 Å². The van der Waals surface area contributed by atoms with Crippen molar-refractivity contribution in [2.24, 2.45) is 0 Å². The highest BCUT2D eigenvalue weighted by atomic mass is 127. The standard InChI is InChI=1S/C15H10I2N2O7/c16-7-9-5-11(18(21)22)1-3-13(9)25-15(20)26-14-4-2-12(19(23)24)6-10(14)8-17/h1-6H,7-8H2. The van der Waals surface area contributed by atoms with Gasteiger partial charge < -0.3 is 9.47 Å². The van der Waals surface area contributed by atoms with E-state index in [-0.39, 0.29) is 22.9 Å². The number of carbonyl (C=O) groups is 1. The summed E-state index contributed by atoms with van der Waals surface area (Å²) in [6, 6.07) is 7.72. The number of carbonyl (C=O) groups excluding carboxylic acids is 1. The summed E-state index contributed by atoms with van der Waals surface area (Å²) >= 11 is 3.98. The molecule has 0 aromatic heterocycles. The monoisotopic (exact) mass is 584 g/mol. The molecule has 136 valence electrons. The van der Waals surface area contributed by atoms with Crippen LogP contribution in [0.1, 0.15) is 11.1 Å². The third-order valence-corrected chi connectivity index (χ3v) is 4.83. The van der Waals surface area contributed by atoms with E-state index in [4.69, 9.17) is 9.47 Å². The second-order valence-corrected chi connectivity index (χ2v) is 6.35. The van der Waals surface area contributed by atoms with Crippen LogP contribution < -0.4 is 9.47 Å². The number of non-ortho nitro benzene ring substituents is 2. The molecule has 0 amide bonds. The highest BCUT2D eigenvalue weighted by Gasteiger charge is 2.18. The Morgan fingerprint density at radius 1 is 0.846 bits per heavy atom. The average Bonchev–Trinajstić information content (AvgIpc) is 2.61. The van der Waals surface area contributed by atoms with Gasteiger partial charge in [0.25, 0.3) is 11.4 Å². The molecule has 26 heavy (non-hydrogen) atoms. The number of alkyl halides is 2. The number of nitro benzene ring substituents is 2. The van der Waals surface area contributed by atoms with Crippen LogP contribution in [0.25, 0.3) is 0 Å². The van der Waals surface area contributed by atoms with Crippen LogP contribution in [0.2, 0.25) is 0 Å². The number of nitro groups is 2. The summed E-state index contributed by atoms with van der Waals surface area (Å²) in [7, 11) is 0. The molecule has 11 heteroatoms. The summed E-state index contributed by atoms with van der Waals surface area (Å²) in [4.78, 5) is 32.6. The van der Waals surface area contributed by atoms with Crippen LogP contribution >= 0.6 is 45.2 Å². The van der Waals surface area contributed by atoms with E-state index >= 15 is 0 Å². The Kier molecular flexibility index (Phi) is 7.07. The molecule has 9 nitrogen and oxygen atoms in total. The fraction of sp³-hybridized carbons (Fsp3) is 0.133. The van der Waals surface area contributed by atoms with Crippen molar-refractivity contribution in [3.8, 4) is 11.5 Å². The minimum Gasteiger partial charge on any atom is -0.394 e. The van der Waals surface area contributed by atoms with E-state index < -0.39 is 16.0 Å². The SMILES string of the molecule is O=C(Oc1ccc([N+](=O)[O-])cc1CI)Oc1ccc([N+](=O)[O-])cc1CI. The lowest BCUT2D eigenvalue weighted by atomic mass is 10.2. The number of rotatable bonds is 6. The van der Waals surface area contributed by atoms with Gasteiger partial charge in [0.2, 0.25) is 0 Å². The third kappa shape index (κ3) is 5.00. The molecule has 2 aromatic rings. The number of ether oxygens (including phenoxy) is 2. The van der Waals surface area contributed by atoms with Gasteiger partial charge in [-0.25, -0.2) is 4.79 Å². The number of nitrogens with zero attached hydrogens (tertiary/aromatic N) is 2. The molecule has 0 aliphatic rings. The zero-order valence-corrected chi connectivity index (χ0v) is 17.2. The van der Waals surface area contributed by atoms with Crippen LogP contribution in [0, 0.1) is 20.2 Å². The molecule has 0 saturated carbocycles. The first-order valence-electron chi connectivity index (χ1n) is 6.92. The predicted molar refractivity (Wildman–Crippen MR) is 108 cm³/mol. The van der Waals surface area contributed by atoms with E-state index in [0.29, 0.717) is 20.0 Å². The number of hydrogen-bond donors (Lipinski definition) is 0. The smallest absolute Gasteiger partial charge is 0.394 e. The van der Waals surface area contributed by atoms with Crippen LogP contribution in [0.15, 0.2) is 36.4 Å². The molecule has 0 heterocycles. The highest BCUT2D eigenvalue weighted by molar-refractivity contribution is 14.1. The molecule has 0 aliphatic heterocycles. The summed E-state index contributed by atoms with van der Waals surface area (Å²) in [6.45, 7) is 0. The molecule has 0 unspecified atom stereocenters. The van der Waals surface area contributed by atoms with E-state index in [9.17, 15) is 25.0 Å². The molecule has 0 aliphatic carbocycles. The Labute approximate surface area is 174 Å². The zero-order valence-electron chi connectivity index (χ0n) is 12.9. The molecular weight excluding hydrogens is 574 g/mol. The molecule has 0 fully saturated rings. The maximum Gasteiger partial charge on any atom is 0.519 e. The molecule has 2 aromatic carbocycles. The van der Waals surface area contributed by atoms with Gasteiger partial charge in [-0.3, -0.25) is 20.2 Å². The fourth-order valence-corrected chi connectivity index (χ4v) is 3.16. The van der Waals surface area contributed by atoms with Crippen molar-refractivity contribution >= 4 is 62.7 Å². The molecule has 0 saturated heterocycles. The lowest BCUT2D eigenvalue weighted by Crippen LogP contribution is -2.15. The van der Waals surface area contributed by atoms with E-state index in [1.807, 2.05) is 45.2 Å². The number of hydrogen-bond acceptors (Lipinski definition) is 7. The Morgan fingerprint density at radius 3 is 1.54 bits per heavy atom. The van der Waals surface area contributed by atoms with Crippen LogP contribution in [-0.4, -0.2) is 16.0 Å². The summed E-state index contributed by atoms with van der Waals surface area (Å²) in [5, 5.41) is 21.6. The number of benzene rings is 2. The first-order valence-corrected chi connectivity index (χ1v) is 9.97. The lowest BCUT2D eigenvalue weighted by molar-refractivity contribution is -0.385. The van der Waals surface area contributed by atoms with Gasteiger partial charge in [-0.15, -0.1) is 0 Å². The van der Waals surface area contributed by atoms with Crippen LogP contribution in [0.4, 0.5) is 16.2 Å². The molecule has 2 rings (SSSR count). The van der Waals surface area contributed by atoms with Crippen molar-refractivity contribution in [2.45, 2.75) is 8.86 Å². The normalized spacial score (nSPS) is 10.2. The average molecular weight is 584 g/mol. The van der Waals surface area contributed by atoms with E-state index in [0.717, 1.165) is 0 Å². The minimum atomic E-state index is -1.04. The second-order valence-electron chi connectivity index (χ2n) is 4.82. The van der Waals surface area contributed by atoms with Gasteiger partial charge in [0, 0.05) is 44.2 Å². The van der Waals surface area contributed by atoms with E-state index in [1.165, 1.54) is 36.4 Å². The van der Waals surface area contributed by atoms with Gasteiger partial charge in [-0.05, 0) is 12.1 Å². The van der Waals surface area contributed by atoms with Crippen molar-refractivity contribution in [1.29, 1.82) is 0 Å². The molecule has 0 atom stereocenters. The Bertz CT molecular complexity index is 804. The largest absolute Gasteiger partial charge is 0.519 e. The van der Waals surface area contributed by atoms with Crippen molar-refractivity contribution in [3.05, 3.63) is 67.8 Å². The molecular formula is C15H10I2N2O7. The van der Waals surface area contributed by atoms with Gasteiger partial charge in [0.05, 0.1) is 9.85 Å². The Balaban J connectivity index is 2.19. The van der Waals surface area contributed by atoms with Gasteiger partial charge >= 0.3 is 6.16 Å². The molecule has 0 N–H and O–H groups in total. The second kappa shape index (κ2) is 9.07. The van der Waals surface area contributed by atoms with Crippen molar-refractivity contribution in [3.63, 3.8) is 0 Å². The van der Waals surface area contributed by atoms with Gasteiger partial charge in [0.1, 0.15) is 11.5 Å². The first-order chi connectivity index (χ1) is 12.3.